The Morgan fingerprint density at radius 2 is 1.05 bits per heavy atom. The van der Waals surface area contributed by atoms with Crippen LogP contribution in [-0.4, -0.2) is 4.57 Å². The normalized spacial score (nSPS) is 13.9. The van der Waals surface area contributed by atoms with Gasteiger partial charge in [-0.25, -0.2) is 0 Å². The number of para-hydroxylation sites is 2. The summed E-state index contributed by atoms with van der Waals surface area (Å²) in [7, 11) is 0. The van der Waals surface area contributed by atoms with Gasteiger partial charge in [-0.05, 0) is 108 Å². The highest BCUT2D eigenvalue weighted by Gasteiger charge is 2.38. The maximum absolute atomic E-state index is 2.50. The first-order valence-electron chi connectivity index (χ1n) is 15.5. The summed E-state index contributed by atoms with van der Waals surface area (Å²) >= 11 is 0. The largest absolute Gasteiger partial charge is 0.309 e. The summed E-state index contributed by atoms with van der Waals surface area (Å²) in [6.45, 7) is 4.81. The smallest absolute Gasteiger partial charge is 0.0544 e. The third-order valence-corrected chi connectivity index (χ3v) is 10.3. The molecule has 0 N–H and O–H groups in total. The first-order valence-corrected chi connectivity index (χ1v) is 15.5. The van der Waals surface area contributed by atoms with Crippen molar-refractivity contribution < 1.29 is 0 Å². The molecule has 10 rings (SSSR count). The van der Waals surface area contributed by atoms with Crippen molar-refractivity contribution >= 4 is 64.9 Å². The predicted octanol–water partition coefficient (Wildman–Crippen LogP) is 11.7. The van der Waals surface area contributed by atoms with Gasteiger partial charge in [0.15, 0.2) is 0 Å². The number of fused-ring (bicyclic) bond motifs is 14. The topological polar surface area (TPSA) is 4.93 Å². The van der Waals surface area contributed by atoms with E-state index in [0.717, 1.165) is 0 Å². The summed E-state index contributed by atoms with van der Waals surface area (Å²) in [5, 5.41) is 13.2. The first-order chi connectivity index (χ1) is 21.6. The Balaban J connectivity index is 1.39. The minimum Gasteiger partial charge on any atom is -0.309 e. The van der Waals surface area contributed by atoms with Gasteiger partial charge >= 0.3 is 0 Å². The Hall–Kier alpha value is -5.40. The van der Waals surface area contributed by atoms with Crippen LogP contribution < -0.4 is 0 Å². The average Bonchev–Trinajstić information content (AvgIpc) is 3.51. The van der Waals surface area contributed by atoms with Crippen LogP contribution in [0, 0.1) is 0 Å². The quantitative estimate of drug-likeness (QED) is 0.139. The van der Waals surface area contributed by atoms with E-state index < -0.39 is 0 Å². The van der Waals surface area contributed by atoms with E-state index in [4.69, 9.17) is 0 Å². The second-order valence-electron chi connectivity index (χ2n) is 12.9. The number of aromatic nitrogens is 1. The van der Waals surface area contributed by atoms with Crippen molar-refractivity contribution in [2.24, 2.45) is 0 Å². The van der Waals surface area contributed by atoms with Gasteiger partial charge in [0.2, 0.25) is 0 Å². The molecule has 0 atom stereocenters. The number of hydrogen-bond donors (Lipinski definition) is 0. The van der Waals surface area contributed by atoms with E-state index in [1.165, 1.54) is 92.8 Å². The van der Waals surface area contributed by atoms with E-state index in [1.807, 2.05) is 0 Å². The Morgan fingerprint density at radius 1 is 0.432 bits per heavy atom. The number of benzene rings is 8. The minimum atomic E-state index is -0.134. The molecule has 0 radical (unpaired) electrons. The monoisotopic (exact) mass is 559 g/mol. The fourth-order valence-corrected chi connectivity index (χ4v) is 8.27. The summed E-state index contributed by atoms with van der Waals surface area (Å²) in [5.74, 6) is 0. The van der Waals surface area contributed by atoms with E-state index >= 15 is 0 Å². The van der Waals surface area contributed by atoms with E-state index in [2.05, 4.69) is 158 Å². The van der Waals surface area contributed by atoms with Crippen LogP contribution in [0.25, 0.3) is 81.7 Å². The molecule has 0 bridgehead atoms. The molecule has 1 aliphatic carbocycles. The molecule has 0 spiro atoms. The van der Waals surface area contributed by atoms with Crippen molar-refractivity contribution in [2.75, 3.05) is 0 Å². The van der Waals surface area contributed by atoms with Crippen molar-refractivity contribution in [3.63, 3.8) is 0 Å². The molecule has 1 aliphatic rings. The molecular weight excluding hydrogens is 530 g/mol. The van der Waals surface area contributed by atoms with Crippen LogP contribution in [0.4, 0.5) is 0 Å². The summed E-state index contributed by atoms with van der Waals surface area (Å²) in [4.78, 5) is 0. The lowest BCUT2D eigenvalue weighted by atomic mass is 9.81. The standard InChI is InChI=1S/C43H29N/c1-43(2)37-21-20-32-34-23-27-13-7-6-12-26(27)22-33(34)29-16-8-9-18-31(29)41(32)42(37)36-24-35-30-17-10-11-19-39(30)44(40(35)25-38(36)43)28-14-4-3-5-15-28/h3-25H,1-2H3. The third-order valence-electron chi connectivity index (χ3n) is 10.3. The van der Waals surface area contributed by atoms with Gasteiger partial charge in [-0.15, -0.1) is 0 Å². The Morgan fingerprint density at radius 3 is 1.82 bits per heavy atom. The molecule has 0 saturated carbocycles. The Labute approximate surface area is 255 Å². The highest BCUT2D eigenvalue weighted by molar-refractivity contribution is 6.31. The summed E-state index contributed by atoms with van der Waals surface area (Å²) in [5.41, 5.74) is 9.15. The third kappa shape index (κ3) is 2.99. The van der Waals surface area contributed by atoms with E-state index in [9.17, 15) is 0 Å². The van der Waals surface area contributed by atoms with Crippen LogP contribution in [0.3, 0.4) is 0 Å². The molecule has 0 saturated heterocycles. The zero-order chi connectivity index (χ0) is 29.2. The van der Waals surface area contributed by atoms with Crippen LogP contribution in [0.2, 0.25) is 0 Å². The minimum absolute atomic E-state index is 0.134. The molecule has 0 unspecified atom stereocenters. The fourth-order valence-electron chi connectivity index (χ4n) is 8.27. The fraction of sp³-hybridized carbons (Fsp3) is 0.0698. The van der Waals surface area contributed by atoms with Gasteiger partial charge in [-0.2, -0.15) is 0 Å². The van der Waals surface area contributed by atoms with Crippen molar-refractivity contribution in [1.82, 2.24) is 4.57 Å². The molecule has 44 heavy (non-hydrogen) atoms. The average molecular weight is 560 g/mol. The van der Waals surface area contributed by atoms with Gasteiger partial charge in [0.1, 0.15) is 0 Å². The molecule has 9 aromatic rings. The zero-order valence-electron chi connectivity index (χ0n) is 24.7. The lowest BCUT2D eigenvalue weighted by molar-refractivity contribution is 0.661. The van der Waals surface area contributed by atoms with E-state index in [0.29, 0.717) is 0 Å². The lowest BCUT2D eigenvalue weighted by Gasteiger charge is -2.22. The van der Waals surface area contributed by atoms with E-state index in [-0.39, 0.29) is 5.41 Å². The summed E-state index contributed by atoms with van der Waals surface area (Å²) in [6, 6.07) is 52.0. The van der Waals surface area contributed by atoms with Gasteiger partial charge in [0.25, 0.3) is 0 Å². The van der Waals surface area contributed by atoms with Gasteiger partial charge < -0.3 is 4.57 Å². The molecule has 206 valence electrons. The zero-order valence-corrected chi connectivity index (χ0v) is 24.7. The van der Waals surface area contributed by atoms with Crippen LogP contribution >= 0.6 is 0 Å². The molecule has 0 amide bonds. The highest BCUT2D eigenvalue weighted by atomic mass is 15.0. The highest BCUT2D eigenvalue weighted by Crippen LogP contribution is 2.55. The second-order valence-corrected chi connectivity index (χ2v) is 12.9. The number of rotatable bonds is 1. The molecule has 0 fully saturated rings. The van der Waals surface area contributed by atoms with Crippen molar-refractivity contribution in [1.29, 1.82) is 0 Å². The van der Waals surface area contributed by atoms with Gasteiger partial charge in [0, 0.05) is 21.9 Å². The summed E-state index contributed by atoms with van der Waals surface area (Å²) < 4.78 is 2.44. The number of hydrogen-bond acceptors (Lipinski definition) is 0. The van der Waals surface area contributed by atoms with Gasteiger partial charge in [-0.1, -0.05) is 111 Å². The Kier molecular flexibility index (Phi) is 4.58. The van der Waals surface area contributed by atoms with Gasteiger partial charge in [-0.3, -0.25) is 0 Å². The molecule has 1 heterocycles. The van der Waals surface area contributed by atoms with Crippen LogP contribution in [0.1, 0.15) is 25.0 Å². The first kappa shape index (κ1) is 24.1. The maximum atomic E-state index is 2.50. The van der Waals surface area contributed by atoms with Gasteiger partial charge in [0.05, 0.1) is 11.0 Å². The molecule has 1 nitrogen and oxygen atoms in total. The van der Waals surface area contributed by atoms with Crippen LogP contribution in [0.15, 0.2) is 140 Å². The predicted molar refractivity (Wildman–Crippen MR) is 188 cm³/mol. The Bertz CT molecular complexity index is 2670. The van der Waals surface area contributed by atoms with Crippen molar-refractivity contribution in [3.8, 4) is 16.8 Å². The van der Waals surface area contributed by atoms with Crippen molar-refractivity contribution in [3.05, 3.63) is 151 Å². The molecule has 0 aliphatic heterocycles. The molecule has 1 heteroatoms. The molecule has 1 aromatic heterocycles. The maximum Gasteiger partial charge on any atom is 0.0544 e. The second kappa shape index (κ2) is 8.36. The number of nitrogens with zero attached hydrogens (tertiary/aromatic N) is 1. The van der Waals surface area contributed by atoms with Crippen LogP contribution in [0.5, 0.6) is 0 Å². The SMILES string of the molecule is CC1(C)c2cc3c(cc2-c2c1ccc1c4cc5ccccc5cc4c4ccccc4c21)c1ccccc1n3-c1ccccc1. The van der Waals surface area contributed by atoms with E-state index in [1.54, 1.807) is 0 Å². The molecular formula is C43H29N. The summed E-state index contributed by atoms with van der Waals surface area (Å²) in [6.07, 6.45) is 0. The van der Waals surface area contributed by atoms with Crippen LogP contribution in [-0.2, 0) is 5.41 Å². The van der Waals surface area contributed by atoms with Crippen molar-refractivity contribution in [2.45, 2.75) is 19.3 Å². The lowest BCUT2D eigenvalue weighted by Crippen LogP contribution is -2.15. The molecule has 8 aromatic carbocycles.